The fraction of sp³-hybridized carbons (Fsp3) is 0.844. The summed E-state index contributed by atoms with van der Waals surface area (Å²) in [6, 6.07) is 0. The van der Waals surface area contributed by atoms with Crippen molar-refractivity contribution in [2.75, 3.05) is 6.61 Å². The van der Waals surface area contributed by atoms with E-state index in [1.807, 2.05) is 19.9 Å². The van der Waals surface area contributed by atoms with E-state index >= 15 is 0 Å². The Morgan fingerprint density at radius 2 is 1.78 bits per heavy atom. The van der Waals surface area contributed by atoms with Crippen LogP contribution in [0.25, 0.3) is 0 Å². The molecule has 6 fully saturated rings. The summed E-state index contributed by atoms with van der Waals surface area (Å²) in [6.45, 7) is 16.7. The Bertz CT molecular complexity index is 1550. The van der Waals surface area contributed by atoms with Gasteiger partial charge in [0, 0.05) is 37.5 Å². The minimum absolute atomic E-state index is 0.0385. The van der Waals surface area contributed by atoms with E-state index in [0.717, 1.165) is 44.3 Å². The molecular weight excluding hydrogens is 748 g/mol. The van der Waals surface area contributed by atoms with Crippen molar-refractivity contribution in [2.45, 2.75) is 209 Å². The lowest BCUT2D eigenvalue weighted by Gasteiger charge is -2.51. The summed E-state index contributed by atoms with van der Waals surface area (Å²) in [5, 5.41) is 54.1. The molecular formula is C45H70O13. The molecule has 3 spiro atoms. The molecule has 0 aliphatic carbocycles. The van der Waals surface area contributed by atoms with E-state index in [2.05, 4.69) is 33.4 Å². The molecule has 0 aromatic heterocycles. The molecule has 58 heavy (non-hydrogen) atoms. The number of carboxylic acid groups (broad SMARTS) is 1. The van der Waals surface area contributed by atoms with Crippen molar-refractivity contribution >= 4 is 5.97 Å². The van der Waals surface area contributed by atoms with Crippen LogP contribution >= 0.6 is 0 Å². The molecule has 13 nitrogen and oxygen atoms in total. The summed E-state index contributed by atoms with van der Waals surface area (Å²) in [5.74, 6) is -3.56. The Kier molecular flexibility index (Phi) is 13.1. The highest BCUT2D eigenvalue weighted by Crippen LogP contribution is 2.48. The number of hydrogen-bond acceptors (Lipinski definition) is 12. The van der Waals surface area contributed by atoms with Crippen LogP contribution < -0.4 is 0 Å². The Morgan fingerprint density at radius 1 is 1.02 bits per heavy atom. The number of rotatable bonds is 10. The second-order valence-corrected chi connectivity index (χ2v) is 19.4. The van der Waals surface area contributed by atoms with E-state index in [9.17, 15) is 30.3 Å². The van der Waals surface area contributed by atoms with Gasteiger partial charge in [-0.1, -0.05) is 52.0 Å². The summed E-state index contributed by atoms with van der Waals surface area (Å²) in [4.78, 5) is 11.6. The molecule has 0 unspecified atom stereocenters. The smallest absolute Gasteiger partial charge is 0.335 e. The first-order valence-corrected chi connectivity index (χ1v) is 22.1. The summed E-state index contributed by atoms with van der Waals surface area (Å²) < 4.78 is 45.5. The van der Waals surface area contributed by atoms with Crippen LogP contribution in [0.5, 0.6) is 0 Å². The Hall–Kier alpha value is -1.75. The fourth-order valence-electron chi connectivity index (χ4n) is 10.9. The van der Waals surface area contributed by atoms with Gasteiger partial charge in [-0.25, -0.2) is 4.79 Å². The van der Waals surface area contributed by atoms with Crippen molar-refractivity contribution in [1.29, 1.82) is 0 Å². The van der Waals surface area contributed by atoms with Gasteiger partial charge in [0.1, 0.15) is 24.4 Å². The van der Waals surface area contributed by atoms with Crippen LogP contribution in [0.15, 0.2) is 36.0 Å². The minimum atomic E-state index is -1.96. The summed E-state index contributed by atoms with van der Waals surface area (Å²) in [5.41, 5.74) is -0.554. The standard InChI is InChI=1S/C45H70O13/c1-25-21-35(56-45(23-25)36(47)13-12-32(55-45)24-42(7,51)41(49)50)26(2)10-11-31-15-17-43(54-31)18-16-34-40(57-43)37(48)30(6)39(53-34)33(46)22-28(4)38-27(3)14-19-44(58-38)29(5)9-8-20-52-44/h10-11,23,26-29,31-40,46-48,51H,6,8-9,12-22,24H2,1-5,7H3,(H,49,50)/t26-,27-,28+,29-,31+,32+,33+,34-,35+,36-,37-,38+,39+,40-,42-,43-,44-,45-/m1/s1. The van der Waals surface area contributed by atoms with E-state index in [1.54, 1.807) is 6.08 Å². The molecule has 328 valence electrons. The van der Waals surface area contributed by atoms with E-state index in [4.69, 9.17) is 33.2 Å². The van der Waals surface area contributed by atoms with Crippen LogP contribution in [0.4, 0.5) is 0 Å². The second kappa shape index (κ2) is 17.2. The largest absolute Gasteiger partial charge is 0.479 e. The van der Waals surface area contributed by atoms with E-state index in [1.165, 1.54) is 6.92 Å². The molecule has 6 saturated heterocycles. The van der Waals surface area contributed by atoms with Gasteiger partial charge in [-0.15, -0.1) is 0 Å². The predicted molar refractivity (Wildman–Crippen MR) is 212 cm³/mol. The molecule has 0 aromatic carbocycles. The van der Waals surface area contributed by atoms with Gasteiger partial charge >= 0.3 is 5.97 Å². The van der Waals surface area contributed by atoms with Crippen LogP contribution in [0.3, 0.4) is 0 Å². The normalized spacial score (nSPS) is 46.1. The van der Waals surface area contributed by atoms with E-state index in [-0.39, 0.29) is 36.6 Å². The first kappa shape index (κ1) is 44.3. The number of carbonyl (C=O) groups is 1. The number of aliphatic hydroxyl groups excluding tert-OH is 3. The number of carboxylic acids is 1. The molecule has 7 aliphatic rings. The van der Waals surface area contributed by atoms with Crippen LogP contribution in [0, 0.1) is 23.7 Å². The molecule has 13 heteroatoms. The monoisotopic (exact) mass is 818 g/mol. The number of aliphatic carboxylic acids is 1. The molecule has 0 amide bonds. The third kappa shape index (κ3) is 8.93. The van der Waals surface area contributed by atoms with Crippen LogP contribution in [0.1, 0.15) is 125 Å². The third-order valence-corrected chi connectivity index (χ3v) is 14.5. The first-order chi connectivity index (χ1) is 27.3. The van der Waals surface area contributed by atoms with Gasteiger partial charge in [0.05, 0.1) is 43.2 Å². The minimum Gasteiger partial charge on any atom is -0.479 e. The molecule has 5 N–H and O–H groups in total. The van der Waals surface area contributed by atoms with Gasteiger partial charge < -0.3 is 58.7 Å². The summed E-state index contributed by atoms with van der Waals surface area (Å²) in [7, 11) is 0. The number of ether oxygens (including phenoxy) is 7. The highest BCUT2D eigenvalue weighted by Gasteiger charge is 2.55. The van der Waals surface area contributed by atoms with Crippen molar-refractivity contribution in [3.05, 3.63) is 36.0 Å². The molecule has 0 aromatic rings. The zero-order chi connectivity index (χ0) is 41.8. The quantitative estimate of drug-likeness (QED) is 0.176. The lowest BCUT2D eigenvalue weighted by molar-refractivity contribution is -0.334. The van der Waals surface area contributed by atoms with Crippen molar-refractivity contribution in [3.63, 3.8) is 0 Å². The lowest BCUT2D eigenvalue weighted by atomic mass is 9.78. The maximum atomic E-state index is 11.6. The van der Waals surface area contributed by atoms with E-state index < -0.39 is 71.7 Å². The van der Waals surface area contributed by atoms with Gasteiger partial charge in [-0.05, 0) is 95.1 Å². The highest BCUT2D eigenvalue weighted by molar-refractivity contribution is 5.76. The average Bonchev–Trinajstić information content (AvgIpc) is 3.57. The number of fused-ring (bicyclic) bond motifs is 1. The van der Waals surface area contributed by atoms with Crippen molar-refractivity contribution < 1.29 is 63.5 Å². The summed E-state index contributed by atoms with van der Waals surface area (Å²) in [6.07, 6.45) is 8.36. The Balaban J connectivity index is 0.922. The maximum Gasteiger partial charge on any atom is 0.335 e. The number of hydrogen-bond donors (Lipinski definition) is 5. The lowest BCUT2D eigenvalue weighted by Crippen LogP contribution is -2.60. The molecule has 7 rings (SSSR count). The molecule has 0 saturated carbocycles. The van der Waals surface area contributed by atoms with Crippen molar-refractivity contribution in [2.24, 2.45) is 23.7 Å². The Morgan fingerprint density at radius 3 is 2.52 bits per heavy atom. The first-order valence-electron chi connectivity index (χ1n) is 22.1. The molecule has 7 heterocycles. The topological polar surface area (TPSA) is 183 Å². The molecule has 7 aliphatic heterocycles. The van der Waals surface area contributed by atoms with Gasteiger partial charge in [0.25, 0.3) is 0 Å². The second-order valence-electron chi connectivity index (χ2n) is 19.4. The SMILES string of the molecule is C=C1[C@@H](O)[C@@H]2O[C@]3(CC[C@H](C=C[C@@H](C)[C@@H]4CC(C)=C[C@@]5(O[C@H](C[C@@](C)(O)C(=O)O)CC[C@H]5O)O4)O3)CC[C@H]2O[C@@H]1[C@@H](O)C[C@H](C)[C@H]1O[C@@]2(CC[C@H]1C)OCCC[C@H]2C. The van der Waals surface area contributed by atoms with Gasteiger partial charge in [-0.2, -0.15) is 0 Å². The Labute approximate surface area is 344 Å². The molecule has 18 atom stereocenters. The average molecular weight is 819 g/mol. The van der Waals surface area contributed by atoms with Crippen molar-refractivity contribution in [1.82, 2.24) is 0 Å². The van der Waals surface area contributed by atoms with Gasteiger partial charge in [0.2, 0.25) is 5.79 Å². The zero-order valence-corrected chi connectivity index (χ0v) is 35.4. The molecule has 0 radical (unpaired) electrons. The van der Waals surface area contributed by atoms with E-state index in [0.29, 0.717) is 62.4 Å². The van der Waals surface area contributed by atoms with Crippen LogP contribution in [0.2, 0.25) is 0 Å². The van der Waals surface area contributed by atoms with Gasteiger partial charge in [-0.3, -0.25) is 0 Å². The van der Waals surface area contributed by atoms with Crippen LogP contribution in [-0.2, 0) is 38.0 Å². The predicted octanol–water partition coefficient (Wildman–Crippen LogP) is 5.46. The summed E-state index contributed by atoms with van der Waals surface area (Å²) >= 11 is 0. The number of aliphatic hydroxyl groups is 4. The third-order valence-electron chi connectivity index (χ3n) is 14.5. The highest BCUT2D eigenvalue weighted by atomic mass is 16.7. The van der Waals surface area contributed by atoms with Crippen LogP contribution in [-0.4, -0.2) is 122 Å². The fourth-order valence-corrected chi connectivity index (χ4v) is 10.9. The van der Waals surface area contributed by atoms with Crippen molar-refractivity contribution in [3.8, 4) is 0 Å². The zero-order valence-electron chi connectivity index (χ0n) is 35.4. The maximum absolute atomic E-state index is 11.6. The molecule has 0 bridgehead atoms. The van der Waals surface area contributed by atoms with Gasteiger partial charge in [0.15, 0.2) is 17.2 Å².